The lowest BCUT2D eigenvalue weighted by Gasteiger charge is -2.35. The lowest BCUT2D eigenvalue weighted by atomic mass is 10.0. The molecule has 0 saturated carbocycles. The third-order valence-electron chi connectivity index (χ3n) is 5.47. The van der Waals surface area contributed by atoms with Crippen molar-refractivity contribution in [2.24, 2.45) is 0 Å². The summed E-state index contributed by atoms with van der Waals surface area (Å²) in [5.74, 6) is 1.28. The topological polar surface area (TPSA) is 93.4 Å². The third-order valence-corrected chi connectivity index (χ3v) is 5.47. The molecule has 3 heterocycles. The minimum atomic E-state index is -0.401. The number of non-ortho nitro benzene ring substituents is 1. The Morgan fingerprint density at radius 3 is 2.75 bits per heavy atom. The van der Waals surface area contributed by atoms with Gasteiger partial charge in [0.2, 0.25) is 0 Å². The molecule has 1 aromatic carbocycles. The van der Waals surface area contributed by atoms with Gasteiger partial charge < -0.3 is 10.1 Å². The fourth-order valence-corrected chi connectivity index (χ4v) is 3.96. The van der Waals surface area contributed by atoms with Crippen LogP contribution in [0.3, 0.4) is 0 Å². The van der Waals surface area contributed by atoms with Gasteiger partial charge in [0.15, 0.2) is 5.82 Å². The lowest BCUT2D eigenvalue weighted by Crippen LogP contribution is -2.44. The number of aryl methyl sites for hydroxylation is 1. The number of hydrogen-bond donors (Lipinski definition) is 1. The minimum Gasteiger partial charge on any atom is -0.380 e. The molecule has 0 spiro atoms. The molecule has 0 bridgehead atoms. The van der Waals surface area contributed by atoms with E-state index in [0.717, 1.165) is 57.1 Å². The molecule has 8 nitrogen and oxygen atoms in total. The maximum absolute atomic E-state index is 11.0. The second-order valence-corrected chi connectivity index (χ2v) is 7.50. The normalized spacial score (nSPS) is 21.0. The molecule has 28 heavy (non-hydrogen) atoms. The van der Waals surface area contributed by atoms with E-state index < -0.39 is 4.92 Å². The van der Waals surface area contributed by atoms with Crippen molar-refractivity contribution < 1.29 is 9.66 Å². The fourth-order valence-electron chi connectivity index (χ4n) is 3.96. The van der Waals surface area contributed by atoms with Gasteiger partial charge in [0.25, 0.3) is 5.69 Å². The van der Waals surface area contributed by atoms with Crippen LogP contribution in [0.5, 0.6) is 0 Å². The SMILES string of the molecule is Cc1cc(NC2CCN([C@H]3CCOC3)CC2)nc(-c2cccc([N+](=O)[O-])c2)n1. The summed E-state index contributed by atoms with van der Waals surface area (Å²) >= 11 is 0. The molecule has 1 N–H and O–H groups in total. The number of likely N-dealkylation sites (tertiary alicyclic amines) is 1. The van der Waals surface area contributed by atoms with Crippen molar-refractivity contribution in [3.05, 3.63) is 46.1 Å². The molecule has 1 aromatic heterocycles. The van der Waals surface area contributed by atoms with Crippen LogP contribution in [-0.2, 0) is 4.74 Å². The van der Waals surface area contributed by atoms with Crippen molar-refractivity contribution in [3.63, 3.8) is 0 Å². The molecule has 2 saturated heterocycles. The highest BCUT2D eigenvalue weighted by Gasteiger charge is 2.27. The van der Waals surface area contributed by atoms with Crippen LogP contribution in [-0.4, -0.2) is 58.2 Å². The summed E-state index contributed by atoms with van der Waals surface area (Å²) in [6.45, 7) is 5.77. The van der Waals surface area contributed by atoms with E-state index in [1.807, 2.05) is 13.0 Å². The van der Waals surface area contributed by atoms with Gasteiger partial charge in [-0.15, -0.1) is 0 Å². The van der Waals surface area contributed by atoms with E-state index in [2.05, 4.69) is 20.2 Å². The predicted molar refractivity (Wildman–Crippen MR) is 106 cm³/mol. The molecule has 2 fully saturated rings. The van der Waals surface area contributed by atoms with Crippen LogP contribution in [0.4, 0.5) is 11.5 Å². The van der Waals surface area contributed by atoms with Crippen molar-refractivity contribution in [2.45, 2.75) is 38.3 Å². The zero-order chi connectivity index (χ0) is 19.5. The number of ether oxygens (including phenoxy) is 1. The van der Waals surface area contributed by atoms with Crippen LogP contribution >= 0.6 is 0 Å². The molecule has 4 rings (SSSR count). The van der Waals surface area contributed by atoms with Crippen LogP contribution in [0.15, 0.2) is 30.3 Å². The molecule has 2 aliphatic rings. The van der Waals surface area contributed by atoms with Crippen molar-refractivity contribution in [2.75, 3.05) is 31.6 Å². The van der Waals surface area contributed by atoms with E-state index >= 15 is 0 Å². The van der Waals surface area contributed by atoms with Gasteiger partial charge in [0.05, 0.1) is 11.5 Å². The Labute approximate surface area is 164 Å². The van der Waals surface area contributed by atoms with Crippen molar-refractivity contribution in [3.8, 4) is 11.4 Å². The number of nitro benzene ring substituents is 1. The number of anilines is 1. The summed E-state index contributed by atoms with van der Waals surface area (Å²) in [6, 6.07) is 9.32. The maximum Gasteiger partial charge on any atom is 0.270 e. The first-order chi connectivity index (χ1) is 13.6. The van der Waals surface area contributed by atoms with E-state index in [-0.39, 0.29) is 5.69 Å². The summed E-state index contributed by atoms with van der Waals surface area (Å²) < 4.78 is 5.51. The highest BCUT2D eigenvalue weighted by atomic mass is 16.6. The summed E-state index contributed by atoms with van der Waals surface area (Å²) in [4.78, 5) is 22.3. The molecular weight excluding hydrogens is 358 g/mol. The number of benzene rings is 1. The molecule has 0 amide bonds. The van der Waals surface area contributed by atoms with Crippen molar-refractivity contribution in [1.29, 1.82) is 0 Å². The van der Waals surface area contributed by atoms with E-state index in [1.54, 1.807) is 12.1 Å². The van der Waals surface area contributed by atoms with E-state index in [4.69, 9.17) is 4.74 Å². The number of nitrogens with one attached hydrogen (secondary N) is 1. The van der Waals surface area contributed by atoms with Crippen molar-refractivity contribution in [1.82, 2.24) is 14.9 Å². The van der Waals surface area contributed by atoms with Gasteiger partial charge in [0, 0.05) is 61.2 Å². The minimum absolute atomic E-state index is 0.0420. The summed E-state index contributed by atoms with van der Waals surface area (Å²) in [5.41, 5.74) is 1.52. The highest BCUT2D eigenvalue weighted by Crippen LogP contribution is 2.24. The zero-order valence-corrected chi connectivity index (χ0v) is 16.0. The van der Waals surface area contributed by atoms with Crippen LogP contribution < -0.4 is 5.32 Å². The Bertz CT molecular complexity index is 845. The van der Waals surface area contributed by atoms with Crippen molar-refractivity contribution >= 4 is 11.5 Å². The van der Waals surface area contributed by atoms with Gasteiger partial charge >= 0.3 is 0 Å². The fraction of sp³-hybridized carbons (Fsp3) is 0.500. The molecule has 148 valence electrons. The van der Waals surface area contributed by atoms with Gasteiger partial charge in [-0.05, 0) is 26.2 Å². The highest BCUT2D eigenvalue weighted by molar-refractivity contribution is 5.61. The first-order valence-electron chi connectivity index (χ1n) is 9.77. The second-order valence-electron chi connectivity index (χ2n) is 7.50. The monoisotopic (exact) mass is 383 g/mol. The molecule has 2 aromatic rings. The van der Waals surface area contributed by atoms with Crippen LogP contribution in [0, 0.1) is 17.0 Å². The number of hydrogen-bond acceptors (Lipinski definition) is 7. The maximum atomic E-state index is 11.0. The molecule has 0 unspecified atom stereocenters. The number of nitrogens with zero attached hydrogens (tertiary/aromatic N) is 4. The third kappa shape index (κ3) is 4.28. The van der Waals surface area contributed by atoms with Gasteiger partial charge in [-0.3, -0.25) is 15.0 Å². The molecular formula is C20H25N5O3. The number of piperidine rings is 1. The standard InChI is InChI=1S/C20H25N5O3/c1-14-11-19(22-16-5-8-24(9-6-16)18-7-10-28-13-18)23-20(21-14)15-3-2-4-17(12-15)25(26)27/h2-4,11-12,16,18H,5-10,13H2,1H3,(H,21,22,23)/t18-/m0/s1. The smallest absolute Gasteiger partial charge is 0.270 e. The zero-order valence-electron chi connectivity index (χ0n) is 16.0. The largest absolute Gasteiger partial charge is 0.380 e. The predicted octanol–water partition coefficient (Wildman–Crippen LogP) is 3.03. The molecule has 8 heteroatoms. The van der Waals surface area contributed by atoms with Gasteiger partial charge in [-0.1, -0.05) is 12.1 Å². The first kappa shape index (κ1) is 18.8. The quantitative estimate of drug-likeness (QED) is 0.626. The second kappa shape index (κ2) is 8.20. The Kier molecular flexibility index (Phi) is 5.50. The Morgan fingerprint density at radius 2 is 2.04 bits per heavy atom. The van der Waals surface area contributed by atoms with E-state index in [0.29, 0.717) is 23.5 Å². The number of rotatable bonds is 5. The molecule has 2 aliphatic heterocycles. The summed E-state index contributed by atoms with van der Waals surface area (Å²) in [7, 11) is 0. The Morgan fingerprint density at radius 1 is 1.21 bits per heavy atom. The molecule has 0 aliphatic carbocycles. The number of aromatic nitrogens is 2. The lowest BCUT2D eigenvalue weighted by molar-refractivity contribution is -0.384. The van der Waals surface area contributed by atoms with Crippen LogP contribution in [0.25, 0.3) is 11.4 Å². The molecule has 1 atom stereocenters. The Hall–Kier alpha value is -2.58. The van der Waals surface area contributed by atoms with Gasteiger partial charge in [-0.2, -0.15) is 0 Å². The molecule has 0 radical (unpaired) electrons. The van der Waals surface area contributed by atoms with Crippen LogP contribution in [0.2, 0.25) is 0 Å². The first-order valence-corrected chi connectivity index (χ1v) is 9.77. The van der Waals surface area contributed by atoms with E-state index in [1.165, 1.54) is 12.1 Å². The van der Waals surface area contributed by atoms with Gasteiger partial charge in [0.1, 0.15) is 5.82 Å². The average Bonchev–Trinajstić information content (AvgIpc) is 3.23. The average molecular weight is 383 g/mol. The summed E-state index contributed by atoms with van der Waals surface area (Å²) in [5, 5.41) is 14.6. The van der Waals surface area contributed by atoms with Crippen LogP contribution in [0.1, 0.15) is 25.0 Å². The Balaban J connectivity index is 1.44. The van der Waals surface area contributed by atoms with Gasteiger partial charge in [-0.25, -0.2) is 9.97 Å². The van der Waals surface area contributed by atoms with E-state index in [9.17, 15) is 10.1 Å². The summed E-state index contributed by atoms with van der Waals surface area (Å²) in [6.07, 6.45) is 3.26. The number of nitro groups is 1.